The smallest absolute Gasteiger partial charge is 0.144 e. The van der Waals surface area contributed by atoms with Gasteiger partial charge in [-0.3, -0.25) is 4.79 Å². The summed E-state index contributed by atoms with van der Waals surface area (Å²) in [5.41, 5.74) is 1.40. The van der Waals surface area contributed by atoms with Crippen LogP contribution in [0.3, 0.4) is 0 Å². The molecule has 0 aliphatic heterocycles. The van der Waals surface area contributed by atoms with E-state index in [0.717, 1.165) is 5.56 Å². The third-order valence-electron chi connectivity index (χ3n) is 2.45. The van der Waals surface area contributed by atoms with Gasteiger partial charge in [0, 0.05) is 10.9 Å². The van der Waals surface area contributed by atoms with Crippen molar-refractivity contribution < 1.29 is 4.79 Å². The Morgan fingerprint density at radius 1 is 1.56 bits per heavy atom. The van der Waals surface area contributed by atoms with Crippen LogP contribution in [-0.4, -0.2) is 10.6 Å². The van der Waals surface area contributed by atoms with Gasteiger partial charge in [-0.25, -0.2) is 0 Å². The number of carbonyl (C=O) groups excluding carboxylic acids is 1. The van der Waals surface area contributed by atoms with E-state index < -0.39 is 0 Å². The van der Waals surface area contributed by atoms with E-state index in [1.54, 1.807) is 18.2 Å². The Hall–Kier alpha value is -0.850. The largest absolute Gasteiger partial charge is 0.299 e. The number of hydrogen-bond donors (Lipinski definition) is 0. The minimum Gasteiger partial charge on any atom is -0.299 e. The molecule has 0 heterocycles. The van der Waals surface area contributed by atoms with Gasteiger partial charge in [-0.05, 0) is 24.6 Å². The summed E-state index contributed by atoms with van der Waals surface area (Å²) in [5.74, 6) is 0.0469. The van der Waals surface area contributed by atoms with Gasteiger partial charge in [0.25, 0.3) is 0 Å². The zero-order valence-corrected chi connectivity index (χ0v) is 11.3. The molecule has 0 aliphatic rings. The van der Waals surface area contributed by atoms with Gasteiger partial charge in [0.1, 0.15) is 5.78 Å². The predicted molar refractivity (Wildman–Crippen MR) is 68.0 cm³/mol. The van der Waals surface area contributed by atoms with Crippen molar-refractivity contribution in [3.05, 3.63) is 34.3 Å². The van der Waals surface area contributed by atoms with E-state index in [1.165, 1.54) is 6.92 Å². The number of nitriles is 1. The van der Waals surface area contributed by atoms with Crippen molar-refractivity contribution in [2.45, 2.75) is 24.6 Å². The molecule has 0 fully saturated rings. The first-order valence-electron chi connectivity index (χ1n) is 4.81. The lowest BCUT2D eigenvalue weighted by Gasteiger charge is -2.17. The molecular weight excluding hydrogens is 289 g/mol. The van der Waals surface area contributed by atoms with Crippen LogP contribution in [0.15, 0.2) is 18.2 Å². The molecule has 2 unspecified atom stereocenters. The number of halogens is 2. The zero-order chi connectivity index (χ0) is 12.3. The lowest BCUT2D eigenvalue weighted by Crippen LogP contribution is -2.17. The average Bonchev–Trinajstić information content (AvgIpc) is 2.26. The number of hydrogen-bond acceptors (Lipinski definition) is 2. The summed E-state index contributed by atoms with van der Waals surface area (Å²) in [5, 5.41) is 9.24. The van der Waals surface area contributed by atoms with Crippen molar-refractivity contribution in [3.63, 3.8) is 0 Å². The van der Waals surface area contributed by atoms with Gasteiger partial charge >= 0.3 is 0 Å². The fourth-order valence-electron chi connectivity index (χ4n) is 1.48. The van der Waals surface area contributed by atoms with E-state index >= 15 is 0 Å². The molecule has 0 N–H and O–H groups in total. The summed E-state index contributed by atoms with van der Waals surface area (Å²) < 4.78 is 0. The number of ketones is 1. The number of alkyl halides is 1. The highest BCUT2D eigenvalue weighted by molar-refractivity contribution is 9.10. The third kappa shape index (κ3) is 2.84. The van der Waals surface area contributed by atoms with Crippen LogP contribution >= 0.6 is 27.5 Å². The first kappa shape index (κ1) is 13.2. The normalized spacial score (nSPS) is 13.9. The fraction of sp³-hybridized carbons (Fsp3) is 0.333. The Bertz CT molecular complexity index is 453. The van der Waals surface area contributed by atoms with Gasteiger partial charge in [0.05, 0.1) is 16.5 Å². The summed E-state index contributed by atoms with van der Waals surface area (Å²) in [7, 11) is 0. The molecule has 0 aromatic heterocycles. The second kappa shape index (κ2) is 5.47. The summed E-state index contributed by atoms with van der Waals surface area (Å²) in [6.07, 6.45) is 0. The Balaban J connectivity index is 3.06. The highest BCUT2D eigenvalue weighted by Crippen LogP contribution is 2.31. The van der Waals surface area contributed by atoms with Gasteiger partial charge in [-0.15, -0.1) is 0 Å². The number of carbonyl (C=O) groups is 1. The lowest BCUT2D eigenvalue weighted by molar-refractivity contribution is -0.116. The summed E-state index contributed by atoms with van der Waals surface area (Å²) in [6.45, 7) is 3.46. The first-order valence-corrected chi connectivity index (χ1v) is 6.10. The lowest BCUT2D eigenvalue weighted by atomic mass is 9.95. The van der Waals surface area contributed by atoms with Crippen LogP contribution in [0.5, 0.6) is 0 Å². The SMILES string of the molecule is CC(=O)C(Br)C(C)c1ccc(C#N)cc1Cl. The van der Waals surface area contributed by atoms with Gasteiger partial charge in [0.15, 0.2) is 0 Å². The quantitative estimate of drug-likeness (QED) is 0.799. The molecule has 1 aromatic carbocycles. The number of nitrogens with zero attached hydrogens (tertiary/aromatic N) is 1. The Kier molecular flexibility index (Phi) is 4.52. The highest BCUT2D eigenvalue weighted by Gasteiger charge is 2.22. The molecular formula is C12H11BrClNO. The molecule has 0 amide bonds. The Morgan fingerprint density at radius 3 is 2.62 bits per heavy atom. The molecule has 0 saturated carbocycles. The maximum Gasteiger partial charge on any atom is 0.144 e. The molecule has 2 atom stereocenters. The molecule has 2 nitrogen and oxygen atoms in total. The van der Waals surface area contributed by atoms with Gasteiger partial charge in [0.2, 0.25) is 0 Å². The minimum absolute atomic E-state index is 0.0160. The van der Waals surface area contributed by atoms with Crippen LogP contribution in [-0.2, 0) is 4.79 Å². The van der Waals surface area contributed by atoms with E-state index in [9.17, 15) is 4.79 Å². The van der Waals surface area contributed by atoms with Crippen molar-refractivity contribution in [2.75, 3.05) is 0 Å². The van der Waals surface area contributed by atoms with Crippen LogP contribution in [0.4, 0.5) is 0 Å². The van der Waals surface area contributed by atoms with Crippen LogP contribution in [0.1, 0.15) is 30.9 Å². The molecule has 84 valence electrons. The molecule has 0 spiro atoms. The summed E-state index contributed by atoms with van der Waals surface area (Å²) >= 11 is 9.41. The van der Waals surface area contributed by atoms with Crippen molar-refractivity contribution in [2.24, 2.45) is 0 Å². The van der Waals surface area contributed by atoms with Crippen LogP contribution in [0.2, 0.25) is 5.02 Å². The van der Waals surface area contributed by atoms with Crippen LogP contribution in [0, 0.1) is 11.3 Å². The molecule has 0 bridgehead atoms. The second-order valence-electron chi connectivity index (χ2n) is 3.65. The van der Waals surface area contributed by atoms with Crippen LogP contribution in [0.25, 0.3) is 0 Å². The predicted octanol–water partition coefficient (Wildman–Crippen LogP) is 3.67. The van der Waals surface area contributed by atoms with E-state index in [4.69, 9.17) is 16.9 Å². The zero-order valence-electron chi connectivity index (χ0n) is 9.00. The minimum atomic E-state index is -0.252. The second-order valence-corrected chi connectivity index (χ2v) is 5.04. The summed E-state index contributed by atoms with van der Waals surface area (Å²) in [6, 6.07) is 7.14. The molecule has 0 radical (unpaired) electrons. The van der Waals surface area contributed by atoms with Gasteiger partial charge in [-0.1, -0.05) is 40.5 Å². The summed E-state index contributed by atoms with van der Waals surface area (Å²) in [4.78, 5) is 11.0. The molecule has 1 aromatic rings. The Labute approximate surface area is 108 Å². The van der Waals surface area contributed by atoms with E-state index in [-0.39, 0.29) is 16.5 Å². The Morgan fingerprint density at radius 2 is 2.19 bits per heavy atom. The van der Waals surface area contributed by atoms with E-state index in [2.05, 4.69) is 15.9 Å². The molecule has 16 heavy (non-hydrogen) atoms. The highest BCUT2D eigenvalue weighted by atomic mass is 79.9. The van der Waals surface area contributed by atoms with Gasteiger partial charge < -0.3 is 0 Å². The fourth-order valence-corrected chi connectivity index (χ4v) is 2.11. The van der Waals surface area contributed by atoms with Crippen molar-refractivity contribution in [3.8, 4) is 6.07 Å². The molecule has 4 heteroatoms. The molecule has 1 rings (SSSR count). The van der Waals surface area contributed by atoms with E-state index in [1.807, 2.05) is 13.0 Å². The van der Waals surface area contributed by atoms with Crippen LogP contribution < -0.4 is 0 Å². The topological polar surface area (TPSA) is 40.9 Å². The van der Waals surface area contributed by atoms with Crippen molar-refractivity contribution in [1.29, 1.82) is 5.26 Å². The van der Waals surface area contributed by atoms with Crippen molar-refractivity contribution >= 4 is 33.3 Å². The van der Waals surface area contributed by atoms with Gasteiger partial charge in [-0.2, -0.15) is 5.26 Å². The molecule has 0 saturated heterocycles. The standard InChI is InChI=1S/C12H11BrClNO/c1-7(12(13)8(2)16)10-4-3-9(6-15)5-11(10)14/h3-5,7,12H,1-2H3. The maximum absolute atomic E-state index is 11.3. The van der Waals surface area contributed by atoms with E-state index in [0.29, 0.717) is 10.6 Å². The monoisotopic (exact) mass is 299 g/mol. The number of rotatable bonds is 3. The molecule has 0 aliphatic carbocycles. The first-order chi connectivity index (χ1) is 7.47. The third-order valence-corrected chi connectivity index (χ3v) is 4.21. The van der Waals surface area contributed by atoms with Crippen molar-refractivity contribution in [1.82, 2.24) is 0 Å². The average molecular weight is 301 g/mol. The number of Topliss-reactive ketones (excluding diaryl/α,β-unsaturated/α-hetero) is 1. The maximum atomic E-state index is 11.3. The number of benzene rings is 1.